The normalized spacial score (nSPS) is 13.3. The first-order valence-corrected chi connectivity index (χ1v) is 10.2. The second kappa shape index (κ2) is 6.96. The zero-order valence-corrected chi connectivity index (χ0v) is 15.2. The molecule has 0 unspecified atom stereocenters. The van der Waals surface area contributed by atoms with Gasteiger partial charge in [0.25, 0.3) is 0 Å². The number of hydrogen-bond acceptors (Lipinski definition) is 10. The molecule has 0 bridgehead atoms. The van der Waals surface area contributed by atoms with Crippen molar-refractivity contribution in [2.24, 2.45) is 0 Å². The molecule has 0 atom stereocenters. The van der Waals surface area contributed by atoms with Crippen molar-refractivity contribution in [1.29, 1.82) is 0 Å². The van der Waals surface area contributed by atoms with E-state index in [9.17, 15) is 13.2 Å². The van der Waals surface area contributed by atoms with Crippen molar-refractivity contribution in [1.82, 2.24) is 15.2 Å². The number of rotatable bonds is 5. The minimum atomic E-state index is -4.10. The summed E-state index contributed by atoms with van der Waals surface area (Å²) in [6, 6.07) is 4.93. The average Bonchev–Trinajstić information content (AvgIpc) is 3.33. The lowest BCUT2D eigenvalue weighted by molar-refractivity contribution is -0.113. The van der Waals surface area contributed by atoms with Crippen molar-refractivity contribution in [2.45, 2.75) is 5.22 Å². The first kappa shape index (κ1) is 17.4. The van der Waals surface area contributed by atoms with E-state index in [1.165, 1.54) is 17.5 Å². The first-order chi connectivity index (χ1) is 13.0. The summed E-state index contributed by atoms with van der Waals surface area (Å²) in [5.41, 5.74) is 0.473. The van der Waals surface area contributed by atoms with Gasteiger partial charge in [0.15, 0.2) is 16.6 Å². The number of nitrogens with zero attached hydrogens (tertiary/aromatic N) is 3. The fourth-order valence-electron chi connectivity index (χ4n) is 2.30. The molecule has 0 fully saturated rings. The van der Waals surface area contributed by atoms with Crippen LogP contribution in [0.3, 0.4) is 0 Å². The molecule has 27 heavy (non-hydrogen) atoms. The lowest BCUT2D eigenvalue weighted by Crippen LogP contribution is -2.23. The summed E-state index contributed by atoms with van der Waals surface area (Å²) in [5.74, 6) is -0.509. The van der Waals surface area contributed by atoms with Crippen molar-refractivity contribution in [2.75, 3.05) is 24.3 Å². The Labute approximate surface area is 157 Å². The predicted molar refractivity (Wildman–Crippen MR) is 93.5 cm³/mol. The maximum Gasteiger partial charge on any atom is 0.336 e. The molecule has 0 radical (unpaired) electrons. The van der Waals surface area contributed by atoms with E-state index in [1.807, 2.05) is 0 Å². The van der Waals surface area contributed by atoms with E-state index in [-0.39, 0.29) is 5.89 Å². The van der Waals surface area contributed by atoms with Crippen molar-refractivity contribution >= 4 is 32.2 Å². The van der Waals surface area contributed by atoms with Gasteiger partial charge in [-0.2, -0.15) is 0 Å². The van der Waals surface area contributed by atoms with E-state index in [2.05, 4.69) is 20.5 Å². The van der Waals surface area contributed by atoms with E-state index in [0.29, 0.717) is 35.4 Å². The van der Waals surface area contributed by atoms with Gasteiger partial charge in [-0.15, -0.1) is 16.4 Å². The minimum Gasteiger partial charge on any atom is -0.486 e. The number of fused-ring (bicyclic) bond motifs is 1. The third kappa shape index (κ3) is 3.75. The first-order valence-electron chi connectivity index (χ1n) is 7.67. The van der Waals surface area contributed by atoms with Crippen LogP contribution in [0.5, 0.6) is 11.5 Å². The molecule has 0 saturated heterocycles. The Kier molecular flexibility index (Phi) is 4.49. The Morgan fingerprint density at radius 3 is 2.78 bits per heavy atom. The number of carbonyl (C=O) groups excluding carboxylic acids is 1. The highest BCUT2D eigenvalue weighted by molar-refractivity contribution is 7.91. The van der Waals surface area contributed by atoms with Gasteiger partial charge < -0.3 is 19.2 Å². The lowest BCUT2D eigenvalue weighted by atomic mass is 10.2. The molecule has 1 aliphatic rings. The molecule has 3 heterocycles. The smallest absolute Gasteiger partial charge is 0.336 e. The minimum absolute atomic E-state index is 0.00844. The Hall–Kier alpha value is -2.99. The Morgan fingerprint density at radius 2 is 2.00 bits per heavy atom. The summed E-state index contributed by atoms with van der Waals surface area (Å²) in [5, 5.41) is 11.0. The lowest BCUT2D eigenvalue weighted by Gasteiger charge is -2.18. The maximum atomic E-state index is 12.3. The standard InChI is InChI=1S/C15H12N4O6S2/c20-12(17-14-16-3-6-26-14)8-27(21,22)15-19-18-13(25-15)9-1-2-10-11(7-9)24-5-4-23-10/h1-3,6-7H,4-5,8H2,(H,16,17,20). The molecule has 140 valence electrons. The van der Waals surface area contributed by atoms with Crippen LogP contribution in [0.2, 0.25) is 0 Å². The van der Waals surface area contributed by atoms with Crippen LogP contribution in [0.25, 0.3) is 11.5 Å². The molecule has 2 aromatic heterocycles. The predicted octanol–water partition coefficient (Wildman–Crippen LogP) is 1.38. The van der Waals surface area contributed by atoms with Crippen LogP contribution >= 0.6 is 11.3 Å². The number of sulfone groups is 1. The molecular weight excluding hydrogens is 396 g/mol. The van der Waals surface area contributed by atoms with Crippen LogP contribution in [0.4, 0.5) is 5.13 Å². The summed E-state index contributed by atoms with van der Waals surface area (Å²) in [6.45, 7) is 0.868. The van der Waals surface area contributed by atoms with E-state index in [0.717, 1.165) is 0 Å². The molecule has 0 saturated carbocycles. The van der Waals surface area contributed by atoms with Gasteiger partial charge in [0.05, 0.1) is 0 Å². The van der Waals surface area contributed by atoms with Crippen LogP contribution in [0, 0.1) is 0 Å². The number of anilines is 1. The highest BCUT2D eigenvalue weighted by Gasteiger charge is 2.27. The zero-order chi connectivity index (χ0) is 18.9. The number of nitrogens with one attached hydrogen (secondary N) is 1. The quantitative estimate of drug-likeness (QED) is 0.664. The molecule has 0 aliphatic carbocycles. The summed E-state index contributed by atoms with van der Waals surface area (Å²) < 4.78 is 40.8. The Balaban J connectivity index is 1.52. The van der Waals surface area contributed by atoms with Gasteiger partial charge in [0, 0.05) is 17.1 Å². The Morgan fingerprint density at radius 1 is 1.19 bits per heavy atom. The molecule has 0 spiro atoms. The van der Waals surface area contributed by atoms with E-state index >= 15 is 0 Å². The molecule has 1 N–H and O–H groups in total. The van der Waals surface area contributed by atoms with Gasteiger partial charge in [0.2, 0.25) is 21.6 Å². The van der Waals surface area contributed by atoms with Crippen molar-refractivity contribution in [3.8, 4) is 23.0 Å². The molecule has 1 amide bonds. The third-order valence-electron chi connectivity index (χ3n) is 3.46. The van der Waals surface area contributed by atoms with Crippen LogP contribution in [0.1, 0.15) is 0 Å². The van der Waals surface area contributed by atoms with E-state index in [1.54, 1.807) is 23.6 Å². The summed E-state index contributed by atoms with van der Waals surface area (Å²) in [7, 11) is -4.10. The number of thiazole rings is 1. The monoisotopic (exact) mass is 408 g/mol. The second-order valence-electron chi connectivity index (χ2n) is 5.38. The number of aromatic nitrogens is 3. The molecular formula is C15H12N4O6S2. The number of carbonyl (C=O) groups is 1. The number of hydrogen-bond donors (Lipinski definition) is 1. The topological polar surface area (TPSA) is 134 Å². The molecule has 10 nitrogen and oxygen atoms in total. The number of benzene rings is 1. The zero-order valence-electron chi connectivity index (χ0n) is 13.6. The van der Waals surface area contributed by atoms with Gasteiger partial charge in [-0.3, -0.25) is 4.79 Å². The van der Waals surface area contributed by atoms with Crippen LogP contribution < -0.4 is 14.8 Å². The van der Waals surface area contributed by atoms with Crippen molar-refractivity contribution in [3.05, 3.63) is 29.8 Å². The van der Waals surface area contributed by atoms with Crippen LogP contribution in [-0.4, -0.2) is 48.5 Å². The number of ether oxygens (including phenoxy) is 2. The summed E-state index contributed by atoms with van der Waals surface area (Å²) in [4.78, 5) is 15.7. The Bertz CT molecular complexity index is 1080. The van der Waals surface area contributed by atoms with Crippen LogP contribution in [0.15, 0.2) is 39.4 Å². The van der Waals surface area contributed by atoms with Crippen LogP contribution in [-0.2, 0) is 14.6 Å². The second-order valence-corrected chi connectivity index (χ2v) is 8.14. The molecule has 4 rings (SSSR count). The third-order valence-corrected chi connectivity index (χ3v) is 5.49. The molecule has 1 aliphatic heterocycles. The van der Waals surface area contributed by atoms with Crippen molar-refractivity contribution in [3.63, 3.8) is 0 Å². The van der Waals surface area contributed by atoms with Gasteiger partial charge >= 0.3 is 5.22 Å². The molecule has 3 aromatic rings. The highest BCUT2D eigenvalue weighted by Crippen LogP contribution is 2.34. The SMILES string of the molecule is O=C(CS(=O)(=O)c1nnc(-c2ccc3c(c2)OCCO3)o1)Nc1nccs1. The van der Waals surface area contributed by atoms with Gasteiger partial charge in [-0.25, -0.2) is 13.4 Å². The summed E-state index contributed by atoms with van der Waals surface area (Å²) in [6.07, 6.45) is 1.49. The fraction of sp³-hybridized carbons (Fsp3) is 0.200. The largest absolute Gasteiger partial charge is 0.486 e. The van der Waals surface area contributed by atoms with Gasteiger partial charge in [0.1, 0.15) is 19.0 Å². The fourth-order valence-corrected chi connectivity index (χ4v) is 3.76. The van der Waals surface area contributed by atoms with Gasteiger partial charge in [-0.05, 0) is 18.2 Å². The molecule has 12 heteroatoms. The van der Waals surface area contributed by atoms with Gasteiger partial charge in [-0.1, -0.05) is 5.10 Å². The van der Waals surface area contributed by atoms with Crippen molar-refractivity contribution < 1.29 is 27.1 Å². The molecule has 1 aromatic carbocycles. The van der Waals surface area contributed by atoms with E-state index in [4.69, 9.17) is 13.9 Å². The summed E-state index contributed by atoms with van der Waals surface area (Å²) >= 11 is 1.17. The average molecular weight is 408 g/mol. The highest BCUT2D eigenvalue weighted by atomic mass is 32.2. The maximum absolute atomic E-state index is 12.3. The number of amides is 1. The van der Waals surface area contributed by atoms with E-state index < -0.39 is 26.7 Å².